The third-order valence-electron chi connectivity index (χ3n) is 3.75. The van der Waals surface area contributed by atoms with Crippen LogP contribution in [-0.4, -0.2) is 43.7 Å². The SMILES string of the molecule is CO.Cc1cc(-n2ccnc2)nc(C(=O)NC2CCCCC2)n1.[HH]. The number of aliphatic hydroxyl groups is 1. The summed E-state index contributed by atoms with van der Waals surface area (Å²) in [6.07, 6.45) is 10.9. The van der Waals surface area contributed by atoms with Gasteiger partial charge in [-0.15, -0.1) is 0 Å². The van der Waals surface area contributed by atoms with Gasteiger partial charge in [-0.25, -0.2) is 15.0 Å². The van der Waals surface area contributed by atoms with Crippen LogP contribution in [0.25, 0.3) is 5.82 Å². The molecule has 2 aromatic heterocycles. The maximum absolute atomic E-state index is 12.3. The Bertz CT molecular complexity index is 627. The average molecular weight is 319 g/mol. The second-order valence-electron chi connectivity index (χ2n) is 5.47. The van der Waals surface area contributed by atoms with E-state index in [1.165, 1.54) is 19.3 Å². The summed E-state index contributed by atoms with van der Waals surface area (Å²) in [7, 11) is 1.00. The largest absolute Gasteiger partial charge is 0.400 e. The summed E-state index contributed by atoms with van der Waals surface area (Å²) in [6, 6.07) is 2.09. The Hall–Kier alpha value is -2.28. The summed E-state index contributed by atoms with van der Waals surface area (Å²) < 4.78 is 1.77. The number of nitrogens with zero attached hydrogens (tertiary/aromatic N) is 4. The molecule has 126 valence electrons. The summed E-state index contributed by atoms with van der Waals surface area (Å²) in [6.45, 7) is 1.86. The molecule has 7 heteroatoms. The molecule has 1 aliphatic carbocycles. The molecule has 0 unspecified atom stereocenters. The van der Waals surface area contributed by atoms with E-state index in [0.717, 1.165) is 25.6 Å². The van der Waals surface area contributed by atoms with Crippen LogP contribution in [-0.2, 0) is 0 Å². The van der Waals surface area contributed by atoms with Crippen molar-refractivity contribution in [3.8, 4) is 5.82 Å². The zero-order valence-corrected chi connectivity index (χ0v) is 13.6. The molecule has 0 spiro atoms. The van der Waals surface area contributed by atoms with Gasteiger partial charge >= 0.3 is 0 Å². The molecule has 1 aliphatic rings. The van der Waals surface area contributed by atoms with Crippen LogP contribution in [0.5, 0.6) is 0 Å². The van der Waals surface area contributed by atoms with Crippen LogP contribution in [0.2, 0.25) is 0 Å². The number of aromatic nitrogens is 4. The van der Waals surface area contributed by atoms with Crippen molar-refractivity contribution in [1.82, 2.24) is 24.8 Å². The number of hydrogen-bond acceptors (Lipinski definition) is 5. The van der Waals surface area contributed by atoms with Gasteiger partial charge in [0.15, 0.2) is 0 Å². The highest BCUT2D eigenvalue weighted by atomic mass is 16.2. The lowest BCUT2D eigenvalue weighted by atomic mass is 9.95. The zero-order chi connectivity index (χ0) is 16.7. The molecule has 0 aliphatic heterocycles. The Morgan fingerprint density at radius 1 is 1.30 bits per heavy atom. The Morgan fingerprint density at radius 2 is 2.04 bits per heavy atom. The summed E-state index contributed by atoms with van der Waals surface area (Å²) in [5, 5.41) is 10.0. The van der Waals surface area contributed by atoms with Gasteiger partial charge in [-0.05, 0) is 19.8 Å². The minimum Gasteiger partial charge on any atom is -0.400 e. The third kappa shape index (κ3) is 4.59. The van der Waals surface area contributed by atoms with E-state index in [-0.39, 0.29) is 19.2 Å². The van der Waals surface area contributed by atoms with Crippen molar-refractivity contribution in [1.29, 1.82) is 0 Å². The van der Waals surface area contributed by atoms with Crippen LogP contribution in [0.4, 0.5) is 0 Å². The highest BCUT2D eigenvalue weighted by molar-refractivity contribution is 5.90. The number of carbonyl (C=O) groups is 1. The highest BCUT2D eigenvalue weighted by Gasteiger charge is 2.19. The first-order valence-corrected chi connectivity index (χ1v) is 7.82. The zero-order valence-electron chi connectivity index (χ0n) is 13.6. The van der Waals surface area contributed by atoms with Crippen LogP contribution in [0.3, 0.4) is 0 Å². The molecule has 1 amide bonds. The fourth-order valence-electron chi connectivity index (χ4n) is 2.68. The number of aliphatic hydroxyl groups excluding tert-OH is 1. The molecule has 0 bridgehead atoms. The fraction of sp³-hybridized carbons (Fsp3) is 0.500. The van der Waals surface area contributed by atoms with Crippen molar-refractivity contribution in [3.05, 3.63) is 36.3 Å². The maximum atomic E-state index is 12.3. The van der Waals surface area contributed by atoms with E-state index < -0.39 is 0 Å². The normalized spacial score (nSPS) is 14.7. The quantitative estimate of drug-likeness (QED) is 0.901. The smallest absolute Gasteiger partial charge is 0.289 e. The average Bonchev–Trinajstić information content (AvgIpc) is 3.12. The molecule has 7 nitrogen and oxygen atoms in total. The van der Waals surface area contributed by atoms with E-state index in [2.05, 4.69) is 20.3 Å². The molecule has 0 saturated heterocycles. The standard InChI is InChI=1S/C15H19N5O.CH4O.H2/c1-11-9-13(20-8-7-16-10-20)19-14(17-11)15(21)18-12-5-3-2-4-6-12;1-2;/h7-10,12H,2-6H2,1H3,(H,18,21);2H,1H3;1H. The second kappa shape index (κ2) is 8.38. The molecule has 1 fully saturated rings. The van der Waals surface area contributed by atoms with E-state index in [9.17, 15) is 4.79 Å². The van der Waals surface area contributed by atoms with Gasteiger partial charge in [0.25, 0.3) is 5.91 Å². The lowest BCUT2D eigenvalue weighted by Crippen LogP contribution is -2.37. The van der Waals surface area contributed by atoms with Crippen LogP contribution in [0.1, 0.15) is 49.8 Å². The number of hydrogen-bond donors (Lipinski definition) is 2. The number of aryl methyl sites for hydroxylation is 1. The van der Waals surface area contributed by atoms with Crippen LogP contribution in [0.15, 0.2) is 24.8 Å². The molecule has 1 saturated carbocycles. The van der Waals surface area contributed by atoms with E-state index in [4.69, 9.17) is 5.11 Å². The number of carbonyl (C=O) groups excluding carboxylic acids is 1. The summed E-state index contributed by atoms with van der Waals surface area (Å²) in [5.74, 6) is 0.699. The highest BCUT2D eigenvalue weighted by Crippen LogP contribution is 2.17. The van der Waals surface area contributed by atoms with Gasteiger partial charge in [-0.3, -0.25) is 9.36 Å². The van der Waals surface area contributed by atoms with E-state index in [1.54, 1.807) is 23.3 Å². The van der Waals surface area contributed by atoms with Gasteiger partial charge in [0.2, 0.25) is 5.82 Å². The predicted octanol–water partition coefficient (Wildman–Crippen LogP) is 1.89. The monoisotopic (exact) mass is 319 g/mol. The lowest BCUT2D eigenvalue weighted by molar-refractivity contribution is 0.0916. The number of amides is 1. The molecule has 0 atom stereocenters. The van der Waals surface area contributed by atoms with Crippen molar-refractivity contribution in [2.75, 3.05) is 7.11 Å². The van der Waals surface area contributed by atoms with Crippen molar-refractivity contribution < 1.29 is 11.3 Å². The van der Waals surface area contributed by atoms with E-state index in [0.29, 0.717) is 5.82 Å². The summed E-state index contributed by atoms with van der Waals surface area (Å²) >= 11 is 0. The second-order valence-corrected chi connectivity index (χ2v) is 5.47. The van der Waals surface area contributed by atoms with Gasteiger partial charge in [-0.1, -0.05) is 19.3 Å². The molecule has 3 rings (SSSR count). The van der Waals surface area contributed by atoms with Gasteiger partial charge in [-0.2, -0.15) is 0 Å². The summed E-state index contributed by atoms with van der Waals surface area (Å²) in [5.41, 5.74) is 0.766. The van der Waals surface area contributed by atoms with Gasteiger partial charge < -0.3 is 10.4 Å². The number of nitrogens with one attached hydrogen (secondary N) is 1. The molecule has 0 radical (unpaired) electrons. The van der Waals surface area contributed by atoms with E-state index in [1.807, 2.05) is 13.0 Å². The fourth-order valence-corrected chi connectivity index (χ4v) is 2.68. The molecule has 2 heterocycles. The molecular weight excluding hydrogens is 294 g/mol. The van der Waals surface area contributed by atoms with Crippen LogP contribution in [0, 0.1) is 6.92 Å². The molecule has 2 aromatic rings. The first-order chi connectivity index (χ1) is 11.2. The topological polar surface area (TPSA) is 92.9 Å². The number of imidazole rings is 1. The first-order valence-electron chi connectivity index (χ1n) is 7.82. The first kappa shape index (κ1) is 17.1. The van der Waals surface area contributed by atoms with Crippen molar-refractivity contribution >= 4 is 5.91 Å². The third-order valence-corrected chi connectivity index (χ3v) is 3.75. The van der Waals surface area contributed by atoms with E-state index >= 15 is 0 Å². The number of rotatable bonds is 3. The minimum atomic E-state index is -0.188. The van der Waals surface area contributed by atoms with Crippen molar-refractivity contribution in [3.63, 3.8) is 0 Å². The summed E-state index contributed by atoms with van der Waals surface area (Å²) in [4.78, 5) is 24.9. The Morgan fingerprint density at radius 3 is 2.70 bits per heavy atom. The van der Waals surface area contributed by atoms with Crippen molar-refractivity contribution in [2.45, 2.75) is 45.1 Å². The molecule has 23 heavy (non-hydrogen) atoms. The van der Waals surface area contributed by atoms with Gasteiger partial charge in [0, 0.05) is 38.7 Å². The van der Waals surface area contributed by atoms with Gasteiger partial charge in [0.1, 0.15) is 12.1 Å². The Kier molecular flexibility index (Phi) is 6.22. The Balaban J connectivity index is 0.000000925. The van der Waals surface area contributed by atoms with Crippen LogP contribution < -0.4 is 5.32 Å². The van der Waals surface area contributed by atoms with Crippen LogP contribution >= 0.6 is 0 Å². The van der Waals surface area contributed by atoms with Gasteiger partial charge in [0.05, 0.1) is 0 Å². The molecular formula is C16H25N5O2. The minimum absolute atomic E-state index is 0. The molecule has 2 N–H and O–H groups in total. The Labute approximate surface area is 137 Å². The maximum Gasteiger partial charge on any atom is 0.289 e. The lowest BCUT2D eigenvalue weighted by Gasteiger charge is -2.22. The predicted molar refractivity (Wildman–Crippen MR) is 88.5 cm³/mol. The van der Waals surface area contributed by atoms with Crippen molar-refractivity contribution in [2.24, 2.45) is 0 Å². The molecule has 0 aromatic carbocycles.